The summed E-state index contributed by atoms with van der Waals surface area (Å²) in [6.07, 6.45) is 3.06. The second-order valence-electron chi connectivity index (χ2n) is 9.39. The number of hydrogen-bond donors (Lipinski definition) is 1. The third-order valence-electron chi connectivity index (χ3n) is 7.06. The maximum atomic E-state index is 13.4. The molecule has 1 heterocycles. The Morgan fingerprint density at radius 2 is 1.49 bits per heavy atom. The number of Topliss-reactive ketones (excluding diaryl/α,β-unsaturated/α-hetero) is 2. The highest BCUT2D eigenvalue weighted by Gasteiger charge is 2.44. The van der Waals surface area contributed by atoms with E-state index in [1.807, 2.05) is 0 Å². The van der Waals surface area contributed by atoms with E-state index >= 15 is 0 Å². The first kappa shape index (κ1) is 25.8. The molecule has 0 spiro atoms. The summed E-state index contributed by atoms with van der Waals surface area (Å²) in [6, 6.07) is 10.3. The van der Waals surface area contributed by atoms with E-state index in [1.54, 1.807) is 41.3 Å². The Kier molecular flexibility index (Phi) is 7.35. The molecule has 192 valence electrons. The quantitative estimate of drug-likeness (QED) is 0.422. The van der Waals surface area contributed by atoms with Gasteiger partial charge in [-0.05, 0) is 56.0 Å². The predicted molar refractivity (Wildman–Crippen MR) is 141 cm³/mol. The highest BCUT2D eigenvalue weighted by atomic mass is 35.5. The van der Waals surface area contributed by atoms with Crippen molar-refractivity contribution in [3.05, 3.63) is 85.1 Å². The average Bonchev–Trinajstić information content (AvgIpc) is 2.85. The number of ketones is 2. The number of carbonyl (C=O) groups excluding carboxylic acids is 2. The van der Waals surface area contributed by atoms with Gasteiger partial charge in [0.05, 0.1) is 0 Å². The number of carbonyl (C=O) groups is 3. The number of carboxylic acids is 1. The first-order valence-corrected chi connectivity index (χ1v) is 13.3. The molecule has 0 amide bonds. The number of aliphatic carboxylic acids is 1. The zero-order valence-corrected chi connectivity index (χ0v) is 22.1. The SMILES string of the molecule is O=C(O)CN1C2=C(C(=O)CCC2)C(c2cc(Cl)ccc2OCc2ccc(Cl)cc2Cl)C2=C1CCCC2=O. The summed E-state index contributed by atoms with van der Waals surface area (Å²) < 4.78 is 6.21. The minimum Gasteiger partial charge on any atom is -0.489 e. The van der Waals surface area contributed by atoms with Crippen molar-refractivity contribution in [2.75, 3.05) is 6.54 Å². The molecule has 0 saturated heterocycles. The van der Waals surface area contributed by atoms with Gasteiger partial charge in [0.1, 0.15) is 18.9 Å². The summed E-state index contributed by atoms with van der Waals surface area (Å²) in [4.78, 5) is 40.3. The van der Waals surface area contributed by atoms with E-state index in [4.69, 9.17) is 39.5 Å². The Balaban J connectivity index is 1.65. The summed E-state index contributed by atoms with van der Waals surface area (Å²) >= 11 is 18.8. The highest BCUT2D eigenvalue weighted by Crippen LogP contribution is 2.51. The molecule has 2 aliphatic carbocycles. The monoisotopic (exact) mass is 559 g/mol. The van der Waals surface area contributed by atoms with Gasteiger partial charge in [-0.1, -0.05) is 40.9 Å². The maximum Gasteiger partial charge on any atom is 0.323 e. The maximum absolute atomic E-state index is 13.4. The van der Waals surface area contributed by atoms with Crippen molar-refractivity contribution >= 4 is 52.3 Å². The van der Waals surface area contributed by atoms with E-state index in [2.05, 4.69) is 0 Å². The molecule has 0 atom stereocenters. The second-order valence-corrected chi connectivity index (χ2v) is 10.7. The normalized spacial score (nSPS) is 18.2. The fourth-order valence-electron chi connectivity index (χ4n) is 5.52. The lowest BCUT2D eigenvalue weighted by atomic mass is 9.70. The fourth-order valence-corrected chi connectivity index (χ4v) is 6.17. The predicted octanol–water partition coefficient (Wildman–Crippen LogP) is 6.72. The Labute approximate surface area is 229 Å². The van der Waals surface area contributed by atoms with Gasteiger partial charge in [-0.2, -0.15) is 0 Å². The van der Waals surface area contributed by atoms with Crippen molar-refractivity contribution in [3.63, 3.8) is 0 Å². The van der Waals surface area contributed by atoms with Crippen LogP contribution in [0.5, 0.6) is 5.75 Å². The van der Waals surface area contributed by atoms with E-state index < -0.39 is 11.9 Å². The Morgan fingerprint density at radius 3 is 2.08 bits per heavy atom. The lowest BCUT2D eigenvalue weighted by molar-refractivity contribution is -0.138. The molecule has 9 heteroatoms. The van der Waals surface area contributed by atoms with E-state index in [1.165, 1.54) is 0 Å². The van der Waals surface area contributed by atoms with E-state index in [0.717, 1.165) is 5.56 Å². The summed E-state index contributed by atoms with van der Waals surface area (Å²) in [6.45, 7) is -0.152. The third kappa shape index (κ3) is 5.02. The minimum absolute atomic E-state index is 0.0850. The highest BCUT2D eigenvalue weighted by molar-refractivity contribution is 6.35. The van der Waals surface area contributed by atoms with Gasteiger partial charge in [-0.3, -0.25) is 14.4 Å². The van der Waals surface area contributed by atoms with Crippen LogP contribution in [0, 0.1) is 0 Å². The van der Waals surface area contributed by atoms with Crippen molar-refractivity contribution in [1.29, 1.82) is 0 Å². The number of benzene rings is 2. The Hall–Kier alpha value is -2.80. The zero-order chi connectivity index (χ0) is 26.3. The van der Waals surface area contributed by atoms with Crippen LogP contribution in [0.3, 0.4) is 0 Å². The van der Waals surface area contributed by atoms with Gasteiger partial charge < -0.3 is 14.7 Å². The van der Waals surface area contributed by atoms with Gasteiger partial charge in [0.2, 0.25) is 0 Å². The van der Waals surface area contributed by atoms with Crippen LogP contribution in [-0.4, -0.2) is 34.1 Å². The lowest BCUT2D eigenvalue weighted by Crippen LogP contribution is -2.41. The first-order chi connectivity index (χ1) is 17.7. The van der Waals surface area contributed by atoms with Crippen LogP contribution < -0.4 is 4.74 Å². The van der Waals surface area contributed by atoms with E-state index in [0.29, 0.717) is 87.4 Å². The topological polar surface area (TPSA) is 83.9 Å². The summed E-state index contributed by atoms with van der Waals surface area (Å²) in [5.41, 5.74) is 3.65. The Morgan fingerprint density at radius 1 is 0.892 bits per heavy atom. The third-order valence-corrected chi connectivity index (χ3v) is 7.88. The van der Waals surface area contributed by atoms with Gasteiger partial charge in [0.15, 0.2) is 11.6 Å². The molecule has 5 rings (SSSR count). The van der Waals surface area contributed by atoms with Crippen molar-refractivity contribution in [1.82, 2.24) is 4.90 Å². The number of nitrogens with zero attached hydrogens (tertiary/aromatic N) is 1. The largest absolute Gasteiger partial charge is 0.489 e. The van der Waals surface area contributed by atoms with Crippen molar-refractivity contribution in [2.45, 2.75) is 51.0 Å². The molecule has 1 aliphatic heterocycles. The van der Waals surface area contributed by atoms with Gasteiger partial charge >= 0.3 is 5.97 Å². The number of allylic oxidation sites excluding steroid dienone is 4. The average molecular weight is 561 g/mol. The van der Waals surface area contributed by atoms with Crippen LogP contribution in [0.25, 0.3) is 0 Å². The van der Waals surface area contributed by atoms with Crippen molar-refractivity contribution in [2.24, 2.45) is 0 Å². The first-order valence-electron chi connectivity index (χ1n) is 12.1. The number of carboxylic acid groups (broad SMARTS) is 1. The van der Waals surface area contributed by atoms with Crippen LogP contribution in [0.15, 0.2) is 58.9 Å². The van der Waals surface area contributed by atoms with Crippen LogP contribution in [0.1, 0.15) is 55.6 Å². The number of ether oxygens (including phenoxy) is 1. The molecule has 0 radical (unpaired) electrons. The molecule has 0 aromatic heterocycles. The fraction of sp³-hybridized carbons (Fsp3) is 0.321. The summed E-state index contributed by atoms with van der Waals surface area (Å²) in [5, 5.41) is 11.1. The number of halogens is 3. The number of hydrogen-bond acceptors (Lipinski definition) is 5. The lowest BCUT2D eigenvalue weighted by Gasteiger charge is -2.43. The molecule has 37 heavy (non-hydrogen) atoms. The number of rotatable bonds is 6. The molecule has 1 N–H and O–H groups in total. The van der Waals surface area contributed by atoms with Crippen LogP contribution >= 0.6 is 34.8 Å². The van der Waals surface area contributed by atoms with Gasteiger partial charge in [-0.15, -0.1) is 0 Å². The van der Waals surface area contributed by atoms with Crippen molar-refractivity contribution in [3.8, 4) is 5.75 Å². The minimum atomic E-state index is -1.01. The van der Waals surface area contributed by atoms with Crippen LogP contribution in [0.2, 0.25) is 15.1 Å². The molecule has 2 aromatic carbocycles. The van der Waals surface area contributed by atoms with Gasteiger partial charge in [0, 0.05) is 67.5 Å². The molecular formula is C28H24Cl3NO5. The van der Waals surface area contributed by atoms with Crippen molar-refractivity contribution < 1.29 is 24.2 Å². The second kappa shape index (κ2) is 10.5. The summed E-state index contributed by atoms with van der Waals surface area (Å²) in [5.74, 6) is -1.39. The zero-order valence-electron chi connectivity index (χ0n) is 19.9. The van der Waals surface area contributed by atoms with Gasteiger partial charge in [0.25, 0.3) is 0 Å². The van der Waals surface area contributed by atoms with Crippen LogP contribution in [-0.2, 0) is 21.0 Å². The molecule has 0 saturated carbocycles. The van der Waals surface area contributed by atoms with E-state index in [-0.39, 0.29) is 24.7 Å². The molecule has 6 nitrogen and oxygen atoms in total. The van der Waals surface area contributed by atoms with Crippen LogP contribution in [0.4, 0.5) is 0 Å². The molecule has 2 aromatic rings. The molecular weight excluding hydrogens is 537 g/mol. The standard InChI is InChI=1S/C28H24Cl3NO5/c29-16-9-10-24(37-14-15-7-8-17(30)12-19(15)31)18(11-16)26-27-20(3-1-5-22(27)33)32(13-25(35)36)21-4-2-6-23(34)28(21)26/h7-12,26H,1-6,13-14H2,(H,35,36). The molecule has 3 aliphatic rings. The molecule has 0 fully saturated rings. The van der Waals surface area contributed by atoms with Gasteiger partial charge in [-0.25, -0.2) is 0 Å². The molecule has 0 bridgehead atoms. The molecule has 0 unspecified atom stereocenters. The Bertz CT molecular complexity index is 1340. The summed E-state index contributed by atoms with van der Waals surface area (Å²) in [7, 11) is 0. The van der Waals surface area contributed by atoms with E-state index in [9.17, 15) is 19.5 Å². The smallest absolute Gasteiger partial charge is 0.323 e.